The van der Waals surface area contributed by atoms with Crippen molar-refractivity contribution in [2.75, 3.05) is 24.1 Å². The zero-order valence-electron chi connectivity index (χ0n) is 20.3. The lowest BCUT2D eigenvalue weighted by molar-refractivity contribution is 0.0206. The molecule has 4 rings (SSSR count). The largest absolute Gasteiger partial charge is 0.444 e. The van der Waals surface area contributed by atoms with E-state index in [-0.39, 0.29) is 34.5 Å². The van der Waals surface area contributed by atoms with Gasteiger partial charge in [-0.1, -0.05) is 11.6 Å². The van der Waals surface area contributed by atoms with Gasteiger partial charge in [-0.25, -0.2) is 24.1 Å². The summed E-state index contributed by atoms with van der Waals surface area (Å²) in [6, 6.07) is 7.99. The maximum atomic E-state index is 14.5. The predicted molar refractivity (Wildman–Crippen MR) is 136 cm³/mol. The molecule has 1 fully saturated rings. The molecule has 1 saturated heterocycles. The highest BCUT2D eigenvalue weighted by Gasteiger charge is 2.28. The summed E-state index contributed by atoms with van der Waals surface area (Å²) in [6.45, 7) is 6.64. The van der Waals surface area contributed by atoms with Crippen molar-refractivity contribution in [3.63, 3.8) is 0 Å². The molecular weight excluding hydrogens is 487 g/mol. The molecule has 2 aromatic heterocycles. The Morgan fingerprint density at radius 2 is 2.03 bits per heavy atom. The lowest BCUT2D eigenvalue weighted by atomic mass is 10.1. The van der Waals surface area contributed by atoms with Crippen LogP contribution < -0.4 is 15.8 Å². The minimum Gasteiger partial charge on any atom is -0.444 e. The average Bonchev–Trinajstić information content (AvgIpc) is 2.84. The van der Waals surface area contributed by atoms with Gasteiger partial charge in [-0.3, -0.25) is 0 Å². The van der Waals surface area contributed by atoms with Crippen LogP contribution in [-0.2, 0) is 4.74 Å². The number of piperidine rings is 1. The standard InChI is InChI=1S/C25H28ClFN6O3/c1-25(2,3)36-24(34)33-13-5-6-15(14-33)31-23-30-12-10-18(32-23)16-7-4-11-29-22(16)35-19-9-8-17(28)20(26)21(19)27/h4,7-12,15H,5-6,13-14,28H2,1-3H3,(H,30,31,32)/t15-/m0/s1. The molecule has 3 aromatic rings. The molecule has 0 saturated carbocycles. The van der Waals surface area contributed by atoms with E-state index in [1.807, 2.05) is 20.8 Å². The van der Waals surface area contributed by atoms with Crippen LogP contribution in [0.15, 0.2) is 42.7 Å². The Hall–Kier alpha value is -3.66. The zero-order chi connectivity index (χ0) is 25.9. The Kier molecular flexibility index (Phi) is 7.44. The molecule has 1 aromatic carbocycles. The summed E-state index contributed by atoms with van der Waals surface area (Å²) in [7, 11) is 0. The monoisotopic (exact) mass is 514 g/mol. The van der Waals surface area contributed by atoms with Crippen molar-refractivity contribution in [2.24, 2.45) is 0 Å². The van der Waals surface area contributed by atoms with Gasteiger partial charge in [-0.05, 0) is 63.9 Å². The smallest absolute Gasteiger partial charge is 0.410 e. The van der Waals surface area contributed by atoms with E-state index in [1.54, 1.807) is 29.3 Å². The van der Waals surface area contributed by atoms with E-state index >= 15 is 0 Å². The number of nitrogens with zero attached hydrogens (tertiary/aromatic N) is 4. The van der Waals surface area contributed by atoms with Crippen LogP contribution in [0.4, 0.5) is 20.8 Å². The lowest BCUT2D eigenvalue weighted by Gasteiger charge is -2.34. The first-order chi connectivity index (χ1) is 17.1. The third-order valence-electron chi connectivity index (χ3n) is 5.39. The lowest BCUT2D eigenvalue weighted by Crippen LogP contribution is -2.47. The van der Waals surface area contributed by atoms with E-state index in [1.165, 1.54) is 18.3 Å². The van der Waals surface area contributed by atoms with Gasteiger partial charge in [0.25, 0.3) is 0 Å². The number of aromatic nitrogens is 3. The highest BCUT2D eigenvalue weighted by atomic mass is 35.5. The quantitative estimate of drug-likeness (QED) is 0.428. The number of anilines is 2. The van der Waals surface area contributed by atoms with Gasteiger partial charge in [0, 0.05) is 31.5 Å². The number of amides is 1. The van der Waals surface area contributed by atoms with Crippen molar-refractivity contribution >= 4 is 29.3 Å². The van der Waals surface area contributed by atoms with Crippen LogP contribution in [0.3, 0.4) is 0 Å². The summed E-state index contributed by atoms with van der Waals surface area (Å²) < 4.78 is 25.8. The van der Waals surface area contributed by atoms with Crippen LogP contribution in [-0.4, -0.2) is 50.7 Å². The van der Waals surface area contributed by atoms with Crippen LogP contribution in [0.2, 0.25) is 5.02 Å². The van der Waals surface area contributed by atoms with Crippen molar-refractivity contribution in [3.8, 4) is 22.9 Å². The molecule has 1 aliphatic rings. The summed E-state index contributed by atoms with van der Waals surface area (Å²) in [5.41, 5.74) is 6.27. The molecule has 3 heterocycles. The molecule has 1 aliphatic heterocycles. The summed E-state index contributed by atoms with van der Waals surface area (Å²) in [5.74, 6) is -0.341. The molecule has 1 amide bonds. The minimum atomic E-state index is -0.773. The van der Waals surface area contributed by atoms with Gasteiger partial charge in [0.05, 0.1) is 16.9 Å². The third kappa shape index (κ3) is 6.12. The number of carbonyl (C=O) groups is 1. The predicted octanol–water partition coefficient (Wildman–Crippen LogP) is 5.52. The van der Waals surface area contributed by atoms with Gasteiger partial charge in [0.15, 0.2) is 11.6 Å². The van der Waals surface area contributed by atoms with Crippen molar-refractivity contribution in [2.45, 2.75) is 45.3 Å². The van der Waals surface area contributed by atoms with Gasteiger partial charge in [-0.15, -0.1) is 0 Å². The fourth-order valence-corrected chi connectivity index (χ4v) is 3.90. The summed E-state index contributed by atoms with van der Waals surface area (Å²) in [5, 5.41) is 3.09. The minimum absolute atomic E-state index is 0.0443. The number of rotatable bonds is 5. The number of likely N-dealkylation sites (tertiary alicyclic amines) is 1. The molecular formula is C25H28ClFN6O3. The maximum Gasteiger partial charge on any atom is 0.410 e. The third-order valence-corrected chi connectivity index (χ3v) is 5.78. The number of halogens is 2. The molecule has 3 N–H and O–H groups in total. The van der Waals surface area contributed by atoms with Gasteiger partial charge >= 0.3 is 6.09 Å². The number of ether oxygens (including phenoxy) is 2. The SMILES string of the molecule is CC(C)(C)OC(=O)N1CCC[C@H](Nc2nccc(-c3cccnc3Oc3ccc(N)c(Cl)c3F)n2)C1. The van der Waals surface area contributed by atoms with E-state index in [0.29, 0.717) is 30.3 Å². The maximum absolute atomic E-state index is 14.5. The Morgan fingerprint density at radius 3 is 2.81 bits per heavy atom. The molecule has 190 valence electrons. The van der Waals surface area contributed by atoms with E-state index in [0.717, 1.165) is 12.8 Å². The first-order valence-corrected chi connectivity index (χ1v) is 11.9. The number of nitrogens with one attached hydrogen (secondary N) is 1. The molecule has 1 atom stereocenters. The summed E-state index contributed by atoms with van der Waals surface area (Å²) >= 11 is 5.92. The van der Waals surface area contributed by atoms with Gasteiger partial charge < -0.3 is 25.4 Å². The van der Waals surface area contributed by atoms with Gasteiger partial charge in [-0.2, -0.15) is 0 Å². The summed E-state index contributed by atoms with van der Waals surface area (Å²) in [6.07, 6.45) is 4.48. The first kappa shape index (κ1) is 25.4. The Balaban J connectivity index is 1.51. The molecule has 0 spiro atoms. The first-order valence-electron chi connectivity index (χ1n) is 11.5. The topological polar surface area (TPSA) is 115 Å². The second-order valence-electron chi connectivity index (χ2n) is 9.41. The number of benzene rings is 1. The van der Waals surface area contributed by atoms with Crippen LogP contribution in [0.5, 0.6) is 11.6 Å². The molecule has 0 radical (unpaired) electrons. The van der Waals surface area contributed by atoms with Crippen molar-refractivity contribution in [3.05, 3.63) is 53.6 Å². The zero-order valence-corrected chi connectivity index (χ0v) is 21.1. The van der Waals surface area contributed by atoms with Crippen molar-refractivity contribution in [1.82, 2.24) is 19.9 Å². The van der Waals surface area contributed by atoms with E-state index in [2.05, 4.69) is 20.3 Å². The Labute approximate surface area is 213 Å². The van der Waals surface area contributed by atoms with Crippen molar-refractivity contribution in [1.29, 1.82) is 0 Å². The second-order valence-corrected chi connectivity index (χ2v) is 9.79. The number of pyridine rings is 1. The number of hydrogen-bond donors (Lipinski definition) is 2. The normalized spacial score (nSPS) is 15.9. The van der Waals surface area contributed by atoms with Crippen molar-refractivity contribution < 1.29 is 18.7 Å². The second kappa shape index (κ2) is 10.5. The number of nitrogens with two attached hydrogens (primary N) is 1. The van der Waals surface area contributed by atoms with Crippen LogP contribution in [0, 0.1) is 5.82 Å². The van der Waals surface area contributed by atoms with Crippen LogP contribution in [0.1, 0.15) is 33.6 Å². The number of carbonyl (C=O) groups excluding carboxylic acids is 1. The fourth-order valence-electron chi connectivity index (χ4n) is 3.74. The molecule has 0 unspecified atom stereocenters. The Bertz CT molecular complexity index is 1250. The van der Waals surface area contributed by atoms with Gasteiger partial charge in [0.1, 0.15) is 10.6 Å². The molecule has 0 bridgehead atoms. The Morgan fingerprint density at radius 1 is 1.22 bits per heavy atom. The molecule has 36 heavy (non-hydrogen) atoms. The fraction of sp³-hybridized carbons (Fsp3) is 0.360. The van der Waals surface area contributed by atoms with E-state index < -0.39 is 11.4 Å². The van der Waals surface area contributed by atoms with Crippen LogP contribution >= 0.6 is 11.6 Å². The van der Waals surface area contributed by atoms with E-state index in [9.17, 15) is 9.18 Å². The summed E-state index contributed by atoms with van der Waals surface area (Å²) in [4.78, 5) is 27.4. The molecule has 11 heteroatoms. The number of hydrogen-bond acceptors (Lipinski definition) is 8. The highest BCUT2D eigenvalue weighted by Crippen LogP contribution is 2.35. The molecule has 0 aliphatic carbocycles. The molecule has 9 nitrogen and oxygen atoms in total. The van der Waals surface area contributed by atoms with E-state index in [4.69, 9.17) is 26.8 Å². The van der Waals surface area contributed by atoms with Gasteiger partial charge in [0.2, 0.25) is 11.8 Å². The highest BCUT2D eigenvalue weighted by molar-refractivity contribution is 6.33. The van der Waals surface area contributed by atoms with Crippen LogP contribution in [0.25, 0.3) is 11.3 Å². The number of nitrogen functional groups attached to an aromatic ring is 1. The average molecular weight is 515 g/mol.